The average Bonchev–Trinajstić information content (AvgIpc) is 3.13. The summed E-state index contributed by atoms with van der Waals surface area (Å²) in [6.07, 6.45) is -1.36. The molecule has 2 aromatic heterocycles. The molecule has 0 radical (unpaired) electrons. The SMILES string of the molecule is COCCN1CCCc2sc(C(=O)Nc3ccc(C)nc3)nc21.O=C(O)C(F)(F)F. The molecule has 0 aromatic carbocycles. The van der Waals surface area contributed by atoms with Gasteiger partial charge in [-0.05, 0) is 31.9 Å². The third-order valence-corrected chi connectivity index (χ3v) is 5.08. The summed E-state index contributed by atoms with van der Waals surface area (Å²) in [5.41, 5.74) is 1.60. The monoisotopic (exact) mass is 446 g/mol. The van der Waals surface area contributed by atoms with E-state index >= 15 is 0 Å². The number of pyridine rings is 1. The predicted molar refractivity (Wildman–Crippen MR) is 105 cm³/mol. The van der Waals surface area contributed by atoms with E-state index < -0.39 is 12.1 Å². The van der Waals surface area contributed by atoms with E-state index in [1.165, 1.54) is 16.2 Å². The number of ether oxygens (including phenoxy) is 1. The van der Waals surface area contributed by atoms with Crippen LogP contribution in [0, 0.1) is 6.92 Å². The Morgan fingerprint density at radius 3 is 2.63 bits per heavy atom. The largest absolute Gasteiger partial charge is 0.490 e. The van der Waals surface area contributed by atoms with E-state index in [0.717, 1.165) is 37.4 Å². The highest BCUT2D eigenvalue weighted by Crippen LogP contribution is 2.31. The maximum atomic E-state index is 12.4. The molecule has 3 heterocycles. The standard InChI is InChI=1S/C16H20N4O2S.C2HF3O2/c1-11-5-6-12(10-17-11)18-15(21)16-19-14-13(23-16)4-3-7-20(14)8-9-22-2;3-2(4,5)1(6)7/h5-6,10H,3-4,7-9H2,1-2H3,(H,18,21);(H,6,7). The zero-order valence-corrected chi connectivity index (χ0v) is 17.1. The van der Waals surface area contributed by atoms with E-state index in [1.54, 1.807) is 13.3 Å². The van der Waals surface area contributed by atoms with Gasteiger partial charge in [0.05, 0.1) is 18.5 Å². The Balaban J connectivity index is 0.000000396. The second kappa shape index (κ2) is 10.3. The molecule has 164 valence electrons. The average molecular weight is 446 g/mol. The summed E-state index contributed by atoms with van der Waals surface area (Å²) in [5, 5.41) is 10.5. The van der Waals surface area contributed by atoms with Crippen molar-refractivity contribution in [2.75, 3.05) is 37.0 Å². The minimum absolute atomic E-state index is 0.179. The van der Waals surface area contributed by atoms with Crippen molar-refractivity contribution >= 4 is 34.7 Å². The molecule has 8 nitrogen and oxygen atoms in total. The number of anilines is 2. The van der Waals surface area contributed by atoms with Crippen LogP contribution in [0.1, 0.15) is 26.8 Å². The van der Waals surface area contributed by atoms with Crippen LogP contribution in [0.5, 0.6) is 0 Å². The Morgan fingerprint density at radius 1 is 1.37 bits per heavy atom. The lowest BCUT2D eigenvalue weighted by molar-refractivity contribution is -0.192. The summed E-state index contributed by atoms with van der Waals surface area (Å²) in [4.78, 5) is 33.4. The Hall–Kier alpha value is -2.73. The van der Waals surface area contributed by atoms with Gasteiger partial charge in [-0.2, -0.15) is 13.2 Å². The summed E-state index contributed by atoms with van der Waals surface area (Å²) in [5.74, 6) is -2.00. The van der Waals surface area contributed by atoms with Crippen molar-refractivity contribution in [2.24, 2.45) is 0 Å². The molecule has 2 N–H and O–H groups in total. The van der Waals surface area contributed by atoms with Crippen molar-refractivity contribution in [3.63, 3.8) is 0 Å². The lowest BCUT2D eigenvalue weighted by Crippen LogP contribution is -2.32. The summed E-state index contributed by atoms with van der Waals surface area (Å²) in [6.45, 7) is 4.34. The number of fused-ring (bicyclic) bond motifs is 1. The molecule has 0 fully saturated rings. The fourth-order valence-corrected chi connectivity index (χ4v) is 3.55. The Bertz CT molecular complexity index is 871. The lowest BCUT2D eigenvalue weighted by Gasteiger charge is -2.26. The molecule has 3 rings (SSSR count). The van der Waals surface area contributed by atoms with Gasteiger partial charge in [-0.1, -0.05) is 0 Å². The molecule has 30 heavy (non-hydrogen) atoms. The number of hydrogen-bond acceptors (Lipinski definition) is 7. The molecule has 1 aliphatic heterocycles. The zero-order chi connectivity index (χ0) is 22.3. The number of nitrogens with one attached hydrogen (secondary N) is 1. The third kappa shape index (κ3) is 6.66. The first-order chi connectivity index (χ1) is 14.1. The number of carbonyl (C=O) groups excluding carboxylic acids is 1. The van der Waals surface area contributed by atoms with Crippen molar-refractivity contribution in [1.29, 1.82) is 0 Å². The number of hydrogen-bond donors (Lipinski definition) is 2. The number of aliphatic carboxylic acids is 1. The number of aryl methyl sites for hydroxylation is 2. The topological polar surface area (TPSA) is 105 Å². The maximum Gasteiger partial charge on any atom is 0.490 e. The highest BCUT2D eigenvalue weighted by Gasteiger charge is 2.38. The van der Waals surface area contributed by atoms with Crippen LogP contribution in [0.4, 0.5) is 24.7 Å². The molecule has 1 aliphatic rings. The van der Waals surface area contributed by atoms with Crippen LogP contribution in [0.3, 0.4) is 0 Å². The molecular formula is C18H21F3N4O4S. The summed E-state index contributed by atoms with van der Waals surface area (Å²) in [6, 6.07) is 3.72. The first kappa shape index (κ1) is 23.5. The van der Waals surface area contributed by atoms with Gasteiger partial charge in [-0.25, -0.2) is 9.78 Å². The normalized spacial score (nSPS) is 13.2. The molecule has 0 atom stereocenters. The minimum Gasteiger partial charge on any atom is -0.475 e. The van der Waals surface area contributed by atoms with E-state index in [2.05, 4.69) is 20.2 Å². The number of nitrogens with zero attached hydrogens (tertiary/aromatic N) is 3. The quantitative estimate of drug-likeness (QED) is 0.727. The van der Waals surface area contributed by atoms with Gasteiger partial charge >= 0.3 is 12.1 Å². The first-order valence-electron chi connectivity index (χ1n) is 8.89. The van der Waals surface area contributed by atoms with Gasteiger partial charge < -0.3 is 20.1 Å². The molecule has 2 aromatic rings. The highest BCUT2D eigenvalue weighted by molar-refractivity contribution is 7.14. The number of carboxylic acids is 1. The summed E-state index contributed by atoms with van der Waals surface area (Å²) in [7, 11) is 1.69. The number of aromatic nitrogens is 2. The second-order valence-corrected chi connectivity index (χ2v) is 7.38. The number of methoxy groups -OCH3 is 1. The van der Waals surface area contributed by atoms with Gasteiger partial charge in [-0.3, -0.25) is 9.78 Å². The Morgan fingerprint density at radius 2 is 2.07 bits per heavy atom. The fourth-order valence-electron chi connectivity index (χ4n) is 2.53. The van der Waals surface area contributed by atoms with Crippen molar-refractivity contribution in [2.45, 2.75) is 25.9 Å². The number of carbonyl (C=O) groups is 2. The number of thiazole rings is 1. The molecule has 0 saturated carbocycles. The van der Waals surface area contributed by atoms with Gasteiger partial charge in [0.1, 0.15) is 5.82 Å². The van der Waals surface area contributed by atoms with E-state index in [-0.39, 0.29) is 5.91 Å². The number of amides is 1. The Labute approximate surface area is 174 Å². The summed E-state index contributed by atoms with van der Waals surface area (Å²) < 4.78 is 36.9. The number of rotatable bonds is 5. The van der Waals surface area contributed by atoms with Crippen LogP contribution >= 0.6 is 11.3 Å². The smallest absolute Gasteiger partial charge is 0.475 e. The highest BCUT2D eigenvalue weighted by atomic mass is 32.1. The van der Waals surface area contributed by atoms with E-state index in [0.29, 0.717) is 17.3 Å². The van der Waals surface area contributed by atoms with Crippen LogP contribution in [-0.2, 0) is 16.0 Å². The van der Waals surface area contributed by atoms with Gasteiger partial charge in [0.25, 0.3) is 5.91 Å². The van der Waals surface area contributed by atoms with Crippen LogP contribution in [0.25, 0.3) is 0 Å². The fraction of sp³-hybridized carbons (Fsp3) is 0.444. The van der Waals surface area contributed by atoms with E-state index in [1.807, 2.05) is 19.1 Å². The number of halogens is 3. The van der Waals surface area contributed by atoms with Crippen LogP contribution in [0.2, 0.25) is 0 Å². The Kier molecular flexibility index (Phi) is 8.12. The van der Waals surface area contributed by atoms with Crippen LogP contribution in [0.15, 0.2) is 18.3 Å². The molecule has 0 bridgehead atoms. The number of carboxylic acid groups (broad SMARTS) is 1. The van der Waals surface area contributed by atoms with Gasteiger partial charge in [-0.15, -0.1) is 11.3 Å². The predicted octanol–water partition coefficient (Wildman–Crippen LogP) is 3.13. The first-order valence-corrected chi connectivity index (χ1v) is 9.71. The van der Waals surface area contributed by atoms with Crippen molar-refractivity contribution in [3.05, 3.63) is 33.9 Å². The lowest BCUT2D eigenvalue weighted by atomic mass is 10.2. The molecule has 0 unspecified atom stereocenters. The number of alkyl halides is 3. The molecule has 1 amide bonds. The van der Waals surface area contributed by atoms with Crippen molar-refractivity contribution in [3.8, 4) is 0 Å². The minimum atomic E-state index is -5.08. The molecule has 0 aliphatic carbocycles. The van der Waals surface area contributed by atoms with E-state index in [4.69, 9.17) is 14.6 Å². The molecule has 0 saturated heterocycles. The van der Waals surface area contributed by atoms with Gasteiger partial charge in [0, 0.05) is 30.8 Å². The third-order valence-electron chi connectivity index (χ3n) is 3.98. The van der Waals surface area contributed by atoms with Crippen LogP contribution in [-0.4, -0.2) is 59.9 Å². The van der Waals surface area contributed by atoms with Gasteiger partial charge in [0.2, 0.25) is 0 Å². The maximum absolute atomic E-state index is 12.4. The van der Waals surface area contributed by atoms with Gasteiger partial charge in [0.15, 0.2) is 5.01 Å². The van der Waals surface area contributed by atoms with Crippen molar-refractivity contribution in [1.82, 2.24) is 9.97 Å². The zero-order valence-electron chi connectivity index (χ0n) is 16.3. The molecule has 0 spiro atoms. The van der Waals surface area contributed by atoms with Crippen molar-refractivity contribution < 1.29 is 32.6 Å². The second-order valence-electron chi connectivity index (χ2n) is 6.29. The molecule has 12 heteroatoms. The van der Waals surface area contributed by atoms with E-state index in [9.17, 15) is 18.0 Å². The van der Waals surface area contributed by atoms with Crippen LogP contribution < -0.4 is 10.2 Å². The summed E-state index contributed by atoms with van der Waals surface area (Å²) >= 11 is 1.48. The molecular weight excluding hydrogens is 425 g/mol.